The smallest absolute Gasteiger partial charge is 0.0455 e. The van der Waals surface area contributed by atoms with Crippen LogP contribution in [0.5, 0.6) is 0 Å². The molecule has 2 rings (SSSR count). The monoisotopic (exact) mass is 279 g/mol. The first-order valence-electron chi connectivity index (χ1n) is 5.81. The summed E-state index contributed by atoms with van der Waals surface area (Å²) >= 11 is 12.2. The molecule has 94 valence electrons. The summed E-state index contributed by atoms with van der Waals surface area (Å²) in [4.78, 5) is 0. The Hall–Kier alpha value is -1.18. The van der Waals surface area contributed by atoms with E-state index in [4.69, 9.17) is 23.2 Å². The van der Waals surface area contributed by atoms with Crippen LogP contribution >= 0.6 is 23.2 Å². The summed E-state index contributed by atoms with van der Waals surface area (Å²) in [6.45, 7) is 4.73. The number of halogens is 2. The molecule has 0 saturated heterocycles. The molecule has 18 heavy (non-hydrogen) atoms. The highest BCUT2D eigenvalue weighted by molar-refractivity contribution is 6.31. The molecule has 0 bridgehead atoms. The summed E-state index contributed by atoms with van der Waals surface area (Å²) < 4.78 is 0. The molecule has 2 aromatic rings. The third-order valence-electron chi connectivity index (χ3n) is 2.90. The predicted molar refractivity (Wildman–Crippen MR) is 79.7 cm³/mol. The summed E-state index contributed by atoms with van der Waals surface area (Å²) in [7, 11) is 0. The van der Waals surface area contributed by atoms with Gasteiger partial charge in [-0.15, -0.1) is 0 Å². The molecule has 2 aromatic carbocycles. The maximum atomic E-state index is 6.09. The summed E-state index contributed by atoms with van der Waals surface area (Å²) in [6, 6.07) is 12.1. The molecule has 0 saturated carbocycles. The second kappa shape index (κ2) is 5.64. The van der Waals surface area contributed by atoms with E-state index in [0.29, 0.717) is 0 Å². The SMILES string of the molecule is Cc1ccc(CNc2ccc(C)c(Cl)c2)cc1Cl. The summed E-state index contributed by atoms with van der Waals surface area (Å²) in [6.07, 6.45) is 0. The second-order valence-corrected chi connectivity index (χ2v) is 5.22. The number of aryl methyl sites for hydroxylation is 2. The van der Waals surface area contributed by atoms with Crippen molar-refractivity contribution in [2.45, 2.75) is 20.4 Å². The van der Waals surface area contributed by atoms with Crippen LogP contribution in [0.25, 0.3) is 0 Å². The Morgan fingerprint density at radius 1 is 0.889 bits per heavy atom. The van der Waals surface area contributed by atoms with Gasteiger partial charge in [0.05, 0.1) is 0 Å². The molecule has 1 N–H and O–H groups in total. The van der Waals surface area contributed by atoms with E-state index in [-0.39, 0.29) is 0 Å². The fourth-order valence-corrected chi connectivity index (χ4v) is 2.04. The fourth-order valence-electron chi connectivity index (χ4n) is 1.65. The van der Waals surface area contributed by atoms with Gasteiger partial charge in [-0.25, -0.2) is 0 Å². The van der Waals surface area contributed by atoms with Crippen LogP contribution in [0, 0.1) is 13.8 Å². The lowest BCUT2D eigenvalue weighted by Crippen LogP contribution is -1.99. The molecule has 0 aliphatic heterocycles. The van der Waals surface area contributed by atoms with Crippen LogP contribution in [0.4, 0.5) is 5.69 Å². The van der Waals surface area contributed by atoms with Crippen LogP contribution in [-0.2, 0) is 6.54 Å². The van der Waals surface area contributed by atoms with E-state index in [2.05, 4.69) is 11.4 Å². The van der Waals surface area contributed by atoms with Crippen LogP contribution < -0.4 is 5.32 Å². The van der Waals surface area contributed by atoms with Crippen molar-refractivity contribution >= 4 is 28.9 Å². The predicted octanol–water partition coefficient (Wildman–Crippen LogP) is 5.22. The molecular weight excluding hydrogens is 265 g/mol. The fraction of sp³-hybridized carbons (Fsp3) is 0.200. The molecule has 0 fully saturated rings. The van der Waals surface area contributed by atoms with Gasteiger partial charge in [0.15, 0.2) is 0 Å². The minimum atomic E-state index is 0.736. The van der Waals surface area contributed by atoms with Gasteiger partial charge in [0.1, 0.15) is 0 Å². The van der Waals surface area contributed by atoms with Crippen LogP contribution in [0.2, 0.25) is 10.0 Å². The van der Waals surface area contributed by atoms with Crippen molar-refractivity contribution in [3.63, 3.8) is 0 Å². The van der Waals surface area contributed by atoms with Crippen molar-refractivity contribution in [1.82, 2.24) is 0 Å². The zero-order valence-electron chi connectivity index (χ0n) is 10.4. The average molecular weight is 280 g/mol. The Morgan fingerprint density at radius 2 is 1.50 bits per heavy atom. The van der Waals surface area contributed by atoms with Gasteiger partial charge < -0.3 is 5.32 Å². The summed E-state index contributed by atoms with van der Waals surface area (Å²) in [5.41, 5.74) is 4.35. The number of nitrogens with one attached hydrogen (secondary N) is 1. The lowest BCUT2D eigenvalue weighted by Gasteiger charge is -2.09. The van der Waals surface area contributed by atoms with Crippen molar-refractivity contribution in [2.24, 2.45) is 0 Å². The third-order valence-corrected chi connectivity index (χ3v) is 3.72. The molecule has 0 amide bonds. The molecule has 1 nitrogen and oxygen atoms in total. The zero-order valence-corrected chi connectivity index (χ0v) is 11.9. The normalized spacial score (nSPS) is 10.4. The summed E-state index contributed by atoms with van der Waals surface area (Å²) in [5, 5.41) is 4.91. The maximum Gasteiger partial charge on any atom is 0.0455 e. The van der Waals surface area contributed by atoms with Gasteiger partial charge >= 0.3 is 0 Å². The first-order chi connectivity index (χ1) is 8.56. The van der Waals surface area contributed by atoms with Gasteiger partial charge in [-0.1, -0.05) is 41.4 Å². The van der Waals surface area contributed by atoms with Crippen molar-refractivity contribution in [3.8, 4) is 0 Å². The van der Waals surface area contributed by atoms with Crippen molar-refractivity contribution in [2.75, 3.05) is 5.32 Å². The molecule has 0 atom stereocenters. The number of hydrogen-bond donors (Lipinski definition) is 1. The van der Waals surface area contributed by atoms with Gasteiger partial charge in [0.2, 0.25) is 0 Å². The number of anilines is 1. The van der Waals surface area contributed by atoms with Gasteiger partial charge in [-0.2, -0.15) is 0 Å². The first-order valence-corrected chi connectivity index (χ1v) is 6.57. The minimum Gasteiger partial charge on any atom is -0.381 e. The molecule has 0 aliphatic carbocycles. The van der Waals surface area contributed by atoms with Crippen molar-refractivity contribution in [3.05, 3.63) is 63.1 Å². The molecule has 0 radical (unpaired) electrons. The molecule has 0 heterocycles. The van der Waals surface area contributed by atoms with E-state index in [0.717, 1.165) is 39.0 Å². The van der Waals surface area contributed by atoms with Gasteiger partial charge in [-0.05, 0) is 48.7 Å². The quantitative estimate of drug-likeness (QED) is 0.812. The van der Waals surface area contributed by atoms with E-state index in [1.54, 1.807) is 0 Å². The molecular formula is C15H15Cl2N. The van der Waals surface area contributed by atoms with Crippen LogP contribution in [0.1, 0.15) is 16.7 Å². The Kier molecular flexibility index (Phi) is 4.15. The first kappa shape index (κ1) is 13.3. The highest BCUT2D eigenvalue weighted by Crippen LogP contribution is 2.21. The third kappa shape index (κ3) is 3.18. The van der Waals surface area contributed by atoms with E-state index < -0.39 is 0 Å². The lowest BCUT2D eigenvalue weighted by molar-refractivity contribution is 1.14. The van der Waals surface area contributed by atoms with Gasteiger partial charge in [-0.3, -0.25) is 0 Å². The van der Waals surface area contributed by atoms with Gasteiger partial charge in [0.25, 0.3) is 0 Å². The maximum absolute atomic E-state index is 6.09. The highest BCUT2D eigenvalue weighted by Gasteiger charge is 2.00. The summed E-state index contributed by atoms with van der Waals surface area (Å²) in [5.74, 6) is 0. The van der Waals surface area contributed by atoms with Crippen molar-refractivity contribution < 1.29 is 0 Å². The standard InChI is InChI=1S/C15H15Cl2N/c1-10-3-5-12(7-14(10)16)9-18-13-6-4-11(2)15(17)8-13/h3-8,18H,9H2,1-2H3. The van der Waals surface area contributed by atoms with Crippen LogP contribution in [0.15, 0.2) is 36.4 Å². The number of benzene rings is 2. The number of hydrogen-bond acceptors (Lipinski definition) is 1. The van der Waals surface area contributed by atoms with E-state index >= 15 is 0 Å². The van der Waals surface area contributed by atoms with Crippen molar-refractivity contribution in [1.29, 1.82) is 0 Å². The molecule has 0 aliphatic rings. The number of rotatable bonds is 3. The largest absolute Gasteiger partial charge is 0.381 e. The van der Waals surface area contributed by atoms with Crippen LogP contribution in [-0.4, -0.2) is 0 Å². The Balaban J connectivity index is 2.06. The molecule has 0 unspecified atom stereocenters. The van der Waals surface area contributed by atoms with Crippen LogP contribution in [0.3, 0.4) is 0 Å². The lowest BCUT2D eigenvalue weighted by atomic mass is 10.1. The molecule has 3 heteroatoms. The topological polar surface area (TPSA) is 12.0 Å². The second-order valence-electron chi connectivity index (χ2n) is 4.40. The zero-order chi connectivity index (χ0) is 13.1. The Bertz CT molecular complexity index is 513. The average Bonchev–Trinajstić information content (AvgIpc) is 2.35. The van der Waals surface area contributed by atoms with E-state index in [9.17, 15) is 0 Å². The van der Waals surface area contributed by atoms with E-state index in [1.165, 1.54) is 0 Å². The minimum absolute atomic E-state index is 0.736. The molecule has 0 aromatic heterocycles. The Labute approximate surface area is 118 Å². The highest BCUT2D eigenvalue weighted by atomic mass is 35.5. The van der Waals surface area contributed by atoms with Gasteiger partial charge in [0, 0.05) is 22.3 Å². The molecule has 0 spiro atoms. The van der Waals surface area contributed by atoms with E-state index in [1.807, 2.05) is 44.2 Å². The Morgan fingerprint density at radius 3 is 2.11 bits per heavy atom.